The van der Waals surface area contributed by atoms with Gasteiger partial charge in [0.25, 0.3) is 0 Å². The maximum Gasteiger partial charge on any atom is 0.354 e. The van der Waals surface area contributed by atoms with Gasteiger partial charge >= 0.3 is 5.69 Å². The van der Waals surface area contributed by atoms with E-state index < -0.39 is 4.92 Å². The number of aromatic nitrogens is 2. The Hall–Kier alpha value is -3.49. The molecule has 3 rings (SSSR count). The summed E-state index contributed by atoms with van der Waals surface area (Å²) in [7, 11) is 0. The van der Waals surface area contributed by atoms with Gasteiger partial charge in [0.15, 0.2) is 0 Å². The van der Waals surface area contributed by atoms with Gasteiger partial charge in [-0.2, -0.15) is 0 Å². The highest BCUT2D eigenvalue weighted by Gasteiger charge is 2.23. The molecule has 1 amide bonds. The van der Waals surface area contributed by atoms with E-state index in [1.165, 1.54) is 24.7 Å². The highest BCUT2D eigenvalue weighted by molar-refractivity contribution is 5.80. The number of allylic oxidation sites excluding steroid dienone is 1. The van der Waals surface area contributed by atoms with E-state index in [0.29, 0.717) is 6.54 Å². The average Bonchev–Trinajstić information content (AvgIpc) is 2.73. The minimum absolute atomic E-state index is 0.0641. The van der Waals surface area contributed by atoms with E-state index in [4.69, 9.17) is 0 Å². The van der Waals surface area contributed by atoms with Gasteiger partial charge in [0, 0.05) is 6.54 Å². The molecular weight excluding hydrogens is 372 g/mol. The summed E-state index contributed by atoms with van der Waals surface area (Å²) in [5.41, 5.74) is 6.91. The van der Waals surface area contributed by atoms with E-state index in [1.807, 2.05) is 30.3 Å². The van der Waals surface area contributed by atoms with Crippen LogP contribution in [-0.2, 0) is 11.2 Å². The monoisotopic (exact) mass is 396 g/mol. The lowest BCUT2D eigenvalue weighted by Crippen LogP contribution is -2.31. The van der Waals surface area contributed by atoms with Crippen LogP contribution in [0.15, 0.2) is 48.3 Å². The van der Waals surface area contributed by atoms with Crippen molar-refractivity contribution < 1.29 is 9.72 Å². The highest BCUT2D eigenvalue weighted by Crippen LogP contribution is 2.28. The number of hydrogen-bond acceptors (Lipinski definition) is 7. The highest BCUT2D eigenvalue weighted by atomic mass is 16.6. The first-order valence-electron chi connectivity index (χ1n) is 9.63. The first kappa shape index (κ1) is 20.2. The first-order chi connectivity index (χ1) is 14.1. The summed E-state index contributed by atoms with van der Waals surface area (Å²) in [6.45, 7) is 0.545. The molecule has 9 nitrogen and oxygen atoms in total. The van der Waals surface area contributed by atoms with Crippen LogP contribution in [0.4, 0.5) is 17.3 Å². The molecule has 1 aliphatic rings. The second-order valence-electron chi connectivity index (χ2n) is 6.80. The van der Waals surface area contributed by atoms with Crippen LogP contribution in [0.5, 0.6) is 0 Å². The van der Waals surface area contributed by atoms with Crippen LogP contribution in [0.2, 0.25) is 0 Å². The summed E-state index contributed by atoms with van der Waals surface area (Å²) in [4.78, 5) is 31.0. The molecule has 0 fully saturated rings. The molecule has 3 N–H and O–H groups in total. The van der Waals surface area contributed by atoms with Crippen molar-refractivity contribution in [3.05, 3.63) is 64.0 Å². The molecule has 0 saturated heterocycles. The number of hydrazine groups is 1. The summed E-state index contributed by atoms with van der Waals surface area (Å²) in [6.07, 6.45) is 9.02. The summed E-state index contributed by atoms with van der Waals surface area (Å²) in [5.74, 6) is -0.269. The molecule has 0 aliphatic heterocycles. The lowest BCUT2D eigenvalue weighted by Gasteiger charge is -2.14. The topological polar surface area (TPSA) is 122 Å². The lowest BCUT2D eigenvalue weighted by atomic mass is 9.97. The van der Waals surface area contributed by atoms with Gasteiger partial charge in [-0.25, -0.2) is 9.97 Å². The van der Waals surface area contributed by atoms with Gasteiger partial charge in [-0.3, -0.25) is 25.8 Å². The molecular formula is C20H24N6O3. The Balaban J connectivity index is 1.60. The van der Waals surface area contributed by atoms with E-state index in [0.717, 1.165) is 24.8 Å². The molecule has 0 atom stereocenters. The predicted molar refractivity (Wildman–Crippen MR) is 110 cm³/mol. The fourth-order valence-electron chi connectivity index (χ4n) is 3.20. The van der Waals surface area contributed by atoms with Crippen molar-refractivity contribution in [1.29, 1.82) is 0 Å². The molecule has 9 heteroatoms. The SMILES string of the molecule is O=C(Cc1ccccc1)NNc1ncnc(NCCC2=CCCCC2)c1[N+](=O)[O-]. The number of nitrogens with zero attached hydrogens (tertiary/aromatic N) is 3. The van der Waals surface area contributed by atoms with Crippen molar-refractivity contribution in [1.82, 2.24) is 15.4 Å². The van der Waals surface area contributed by atoms with Crippen molar-refractivity contribution >= 4 is 23.2 Å². The summed E-state index contributed by atoms with van der Waals surface area (Å²) in [5, 5.41) is 14.6. The second kappa shape index (κ2) is 10.2. The van der Waals surface area contributed by atoms with Crippen molar-refractivity contribution in [3.63, 3.8) is 0 Å². The van der Waals surface area contributed by atoms with E-state index in [1.54, 1.807) is 0 Å². The molecule has 0 unspecified atom stereocenters. The van der Waals surface area contributed by atoms with Crippen LogP contribution in [0.1, 0.15) is 37.7 Å². The third kappa shape index (κ3) is 6.00. The maximum atomic E-state index is 12.1. The van der Waals surface area contributed by atoms with Crippen LogP contribution in [0.25, 0.3) is 0 Å². The second-order valence-corrected chi connectivity index (χ2v) is 6.80. The van der Waals surface area contributed by atoms with Crippen LogP contribution in [0, 0.1) is 10.1 Å². The number of carbonyl (C=O) groups is 1. The first-order valence-corrected chi connectivity index (χ1v) is 9.63. The zero-order chi connectivity index (χ0) is 20.5. The minimum atomic E-state index is -0.562. The molecule has 152 valence electrons. The smallest absolute Gasteiger partial charge is 0.354 e. The molecule has 2 aromatic rings. The van der Waals surface area contributed by atoms with Gasteiger partial charge in [0.1, 0.15) is 6.33 Å². The minimum Gasteiger partial charge on any atom is -0.364 e. The van der Waals surface area contributed by atoms with Gasteiger partial charge in [-0.1, -0.05) is 42.0 Å². The Bertz CT molecular complexity index is 885. The fourth-order valence-corrected chi connectivity index (χ4v) is 3.20. The zero-order valence-corrected chi connectivity index (χ0v) is 16.1. The van der Waals surface area contributed by atoms with Crippen LogP contribution >= 0.6 is 0 Å². The van der Waals surface area contributed by atoms with Crippen LogP contribution < -0.4 is 16.2 Å². The third-order valence-electron chi connectivity index (χ3n) is 4.66. The molecule has 0 spiro atoms. The number of rotatable bonds is 9. The molecule has 0 bridgehead atoms. The zero-order valence-electron chi connectivity index (χ0n) is 16.1. The van der Waals surface area contributed by atoms with E-state index in [9.17, 15) is 14.9 Å². The number of hydrogen-bond donors (Lipinski definition) is 3. The summed E-state index contributed by atoms with van der Waals surface area (Å²) < 4.78 is 0. The van der Waals surface area contributed by atoms with Crippen molar-refractivity contribution in [2.24, 2.45) is 0 Å². The molecule has 1 heterocycles. The van der Waals surface area contributed by atoms with Gasteiger partial charge < -0.3 is 5.32 Å². The predicted octanol–water partition coefficient (Wildman–Crippen LogP) is 3.37. The number of nitro groups is 1. The molecule has 1 aromatic carbocycles. The number of nitrogens with one attached hydrogen (secondary N) is 3. The normalized spacial score (nSPS) is 13.3. The number of benzene rings is 1. The van der Waals surface area contributed by atoms with Gasteiger partial charge in [-0.05, 0) is 37.7 Å². The lowest BCUT2D eigenvalue weighted by molar-refractivity contribution is -0.383. The van der Waals surface area contributed by atoms with Crippen LogP contribution in [-0.4, -0.2) is 27.3 Å². The van der Waals surface area contributed by atoms with Crippen LogP contribution in [0.3, 0.4) is 0 Å². The molecule has 0 saturated carbocycles. The van der Waals surface area contributed by atoms with Crippen molar-refractivity contribution in [3.8, 4) is 0 Å². The Morgan fingerprint density at radius 2 is 1.93 bits per heavy atom. The van der Waals surface area contributed by atoms with Gasteiger partial charge in [-0.15, -0.1) is 0 Å². The Morgan fingerprint density at radius 3 is 2.66 bits per heavy atom. The standard InChI is InChI=1S/C20H24N6O3/c27-17(13-16-9-5-2-6-10-16)24-25-20-18(26(28)29)19(22-14-23-20)21-12-11-15-7-3-1-4-8-15/h2,5-7,9-10,14H,1,3-4,8,11-13H2,(H,24,27)(H2,21,22,23,25). The Morgan fingerprint density at radius 1 is 1.14 bits per heavy atom. The molecule has 1 aromatic heterocycles. The Kier molecular flexibility index (Phi) is 7.10. The van der Waals surface area contributed by atoms with Crippen molar-refractivity contribution in [2.45, 2.75) is 38.5 Å². The number of carbonyl (C=O) groups excluding carboxylic acids is 1. The van der Waals surface area contributed by atoms with Gasteiger partial charge in [0.2, 0.25) is 17.5 Å². The van der Waals surface area contributed by atoms with E-state index in [-0.39, 0.29) is 29.7 Å². The Labute approximate surface area is 168 Å². The molecule has 0 radical (unpaired) electrons. The van der Waals surface area contributed by atoms with E-state index >= 15 is 0 Å². The quantitative estimate of drug-likeness (QED) is 0.337. The average molecular weight is 396 g/mol. The fraction of sp³-hybridized carbons (Fsp3) is 0.350. The maximum absolute atomic E-state index is 12.1. The number of amides is 1. The number of anilines is 2. The van der Waals surface area contributed by atoms with Crippen molar-refractivity contribution in [2.75, 3.05) is 17.3 Å². The molecule has 1 aliphatic carbocycles. The molecule has 29 heavy (non-hydrogen) atoms. The summed E-state index contributed by atoms with van der Waals surface area (Å²) in [6, 6.07) is 9.20. The van der Waals surface area contributed by atoms with E-state index in [2.05, 4.69) is 32.2 Å². The summed E-state index contributed by atoms with van der Waals surface area (Å²) >= 11 is 0. The third-order valence-corrected chi connectivity index (χ3v) is 4.66. The van der Waals surface area contributed by atoms with Gasteiger partial charge in [0.05, 0.1) is 11.3 Å². The largest absolute Gasteiger partial charge is 0.364 e.